The maximum atomic E-state index is 13.0. The smallest absolute Gasteiger partial charge is 0.283 e. The third-order valence-electron chi connectivity index (χ3n) is 4.78. The zero-order chi connectivity index (χ0) is 19.5. The second kappa shape index (κ2) is 7.86. The lowest BCUT2D eigenvalue weighted by molar-refractivity contribution is -0.862. The van der Waals surface area contributed by atoms with Crippen LogP contribution in [0.15, 0.2) is 24.3 Å². The molecule has 1 aliphatic rings. The van der Waals surface area contributed by atoms with Gasteiger partial charge in [-0.2, -0.15) is 0 Å². The third kappa shape index (κ3) is 3.88. The highest BCUT2D eigenvalue weighted by molar-refractivity contribution is 6.14. The van der Waals surface area contributed by atoms with Crippen LogP contribution in [-0.2, 0) is 14.4 Å². The van der Waals surface area contributed by atoms with Crippen LogP contribution in [0.25, 0.3) is 0 Å². The molecule has 1 aromatic carbocycles. The number of amides is 3. The molecule has 0 bridgehead atoms. The van der Waals surface area contributed by atoms with Crippen LogP contribution in [0.4, 0.5) is 11.4 Å². The van der Waals surface area contributed by atoms with Crippen molar-refractivity contribution in [3.05, 3.63) is 24.3 Å². The molecule has 1 aliphatic heterocycles. The molecular weight excluding hydrogens is 332 g/mol. The summed E-state index contributed by atoms with van der Waals surface area (Å²) >= 11 is 0. The summed E-state index contributed by atoms with van der Waals surface area (Å²) in [5.41, 5.74) is 0.321. The van der Waals surface area contributed by atoms with Gasteiger partial charge in [-0.1, -0.05) is 12.1 Å². The number of carbonyl (C=O) groups excluding carboxylic acids is 3. The van der Waals surface area contributed by atoms with Crippen LogP contribution >= 0.6 is 0 Å². The zero-order valence-electron chi connectivity index (χ0n) is 16.3. The Hall–Kier alpha value is -2.41. The number of para-hydroxylation sites is 2. The van der Waals surface area contributed by atoms with E-state index in [0.29, 0.717) is 24.5 Å². The van der Waals surface area contributed by atoms with Gasteiger partial charge in [0.2, 0.25) is 5.91 Å². The highest BCUT2D eigenvalue weighted by atomic mass is 16.2. The van der Waals surface area contributed by atoms with Gasteiger partial charge in [-0.15, -0.1) is 0 Å². The molecule has 2 rings (SSSR count). The Labute approximate surface area is 154 Å². The van der Waals surface area contributed by atoms with Crippen molar-refractivity contribution >= 4 is 29.1 Å². The Bertz CT molecular complexity index is 698. The molecule has 0 aliphatic carbocycles. The van der Waals surface area contributed by atoms with E-state index in [-0.39, 0.29) is 30.8 Å². The molecule has 0 saturated heterocycles. The second-order valence-corrected chi connectivity index (χ2v) is 7.14. The quantitative estimate of drug-likeness (QED) is 0.757. The number of nitrogens with zero attached hydrogens (tertiary/aromatic N) is 2. The minimum absolute atomic E-state index is 0.0244. The van der Waals surface area contributed by atoms with Crippen LogP contribution in [0.2, 0.25) is 0 Å². The molecule has 0 radical (unpaired) electrons. The Morgan fingerprint density at radius 3 is 2.38 bits per heavy atom. The van der Waals surface area contributed by atoms with Crippen molar-refractivity contribution in [1.29, 1.82) is 0 Å². The Balaban J connectivity index is 2.17. The minimum Gasteiger partial charge on any atom is -0.338 e. The molecule has 142 valence electrons. The van der Waals surface area contributed by atoms with E-state index in [2.05, 4.69) is 5.32 Å². The van der Waals surface area contributed by atoms with Gasteiger partial charge >= 0.3 is 0 Å². The highest BCUT2D eigenvalue weighted by Gasteiger charge is 2.44. The molecule has 1 unspecified atom stereocenters. The van der Waals surface area contributed by atoms with Gasteiger partial charge in [-0.3, -0.25) is 19.3 Å². The lowest BCUT2D eigenvalue weighted by Crippen LogP contribution is -3.11. The lowest BCUT2D eigenvalue weighted by Gasteiger charge is -2.42. The molecule has 0 saturated carbocycles. The number of rotatable bonds is 6. The molecule has 1 heterocycles. The molecular formula is C19H29N4O3+. The number of benzene rings is 1. The summed E-state index contributed by atoms with van der Waals surface area (Å²) < 4.78 is 0. The van der Waals surface area contributed by atoms with Gasteiger partial charge in [0, 0.05) is 13.1 Å². The fourth-order valence-corrected chi connectivity index (χ4v) is 3.24. The summed E-state index contributed by atoms with van der Waals surface area (Å²) in [4.78, 5) is 41.8. The molecule has 7 nitrogen and oxygen atoms in total. The molecule has 7 heteroatoms. The predicted octanol–water partition coefficient (Wildman–Crippen LogP) is 0.133. The standard InChI is InChI=1S/C19H28N4O3/c1-6-22(7-2)16(24)12-21(5)13-17(25)23-15-11-9-8-10-14(15)20-18(26)19(23,3)4/h8-11H,6-7,12-13H2,1-5H3,(H,20,26)/p+1. The minimum atomic E-state index is -0.991. The first kappa shape index (κ1) is 19.9. The van der Waals surface area contributed by atoms with E-state index < -0.39 is 5.54 Å². The van der Waals surface area contributed by atoms with Crippen LogP contribution in [0.3, 0.4) is 0 Å². The molecule has 3 amide bonds. The fraction of sp³-hybridized carbons (Fsp3) is 0.526. The Kier molecular flexibility index (Phi) is 6.02. The van der Waals surface area contributed by atoms with Crippen LogP contribution < -0.4 is 15.1 Å². The van der Waals surface area contributed by atoms with Crippen molar-refractivity contribution in [2.75, 3.05) is 43.4 Å². The van der Waals surface area contributed by atoms with E-state index in [4.69, 9.17) is 0 Å². The first-order valence-electron chi connectivity index (χ1n) is 9.05. The normalized spacial score (nSPS) is 16.5. The maximum absolute atomic E-state index is 13.0. The zero-order valence-corrected chi connectivity index (χ0v) is 16.3. The maximum Gasteiger partial charge on any atom is 0.283 e. The van der Waals surface area contributed by atoms with Gasteiger partial charge in [-0.05, 0) is 39.8 Å². The summed E-state index contributed by atoms with van der Waals surface area (Å²) in [5.74, 6) is -0.375. The summed E-state index contributed by atoms with van der Waals surface area (Å²) in [6.07, 6.45) is 0. The molecule has 0 aromatic heterocycles. The van der Waals surface area contributed by atoms with Gasteiger partial charge in [-0.25, -0.2) is 0 Å². The number of anilines is 2. The Morgan fingerprint density at radius 1 is 1.15 bits per heavy atom. The summed E-state index contributed by atoms with van der Waals surface area (Å²) in [7, 11) is 1.82. The van der Waals surface area contributed by atoms with Gasteiger partial charge in [0.05, 0.1) is 18.4 Å². The second-order valence-electron chi connectivity index (χ2n) is 7.14. The number of nitrogens with one attached hydrogen (secondary N) is 2. The average molecular weight is 361 g/mol. The van der Waals surface area contributed by atoms with Crippen LogP contribution in [0, 0.1) is 0 Å². The van der Waals surface area contributed by atoms with E-state index in [1.54, 1.807) is 29.7 Å². The molecule has 26 heavy (non-hydrogen) atoms. The first-order chi connectivity index (χ1) is 12.2. The number of quaternary nitrogens is 1. The summed E-state index contributed by atoms with van der Waals surface area (Å²) in [6.45, 7) is 9.03. The number of hydrogen-bond acceptors (Lipinski definition) is 3. The number of hydrogen-bond donors (Lipinski definition) is 2. The summed E-state index contributed by atoms with van der Waals surface area (Å²) in [6, 6.07) is 7.27. The number of fused-ring (bicyclic) bond motifs is 1. The molecule has 0 fully saturated rings. The van der Waals surface area contributed by atoms with Gasteiger partial charge in [0.15, 0.2) is 13.1 Å². The topological polar surface area (TPSA) is 74.2 Å². The van der Waals surface area contributed by atoms with Crippen molar-refractivity contribution < 1.29 is 19.3 Å². The van der Waals surface area contributed by atoms with E-state index in [1.165, 1.54) is 0 Å². The van der Waals surface area contributed by atoms with Gasteiger partial charge in [0.1, 0.15) is 5.54 Å². The van der Waals surface area contributed by atoms with Crippen LogP contribution in [0.5, 0.6) is 0 Å². The SMILES string of the molecule is CCN(CC)C(=O)C[NH+](C)CC(=O)N1c2ccccc2NC(=O)C1(C)C. The van der Waals surface area contributed by atoms with Gasteiger partial charge in [0.25, 0.3) is 11.8 Å². The number of likely N-dealkylation sites (N-methyl/N-ethyl adjacent to an activating group) is 2. The van der Waals surface area contributed by atoms with Crippen molar-refractivity contribution in [2.45, 2.75) is 33.2 Å². The van der Waals surface area contributed by atoms with Crippen molar-refractivity contribution in [3.8, 4) is 0 Å². The molecule has 2 N–H and O–H groups in total. The molecule has 1 atom stereocenters. The van der Waals surface area contributed by atoms with E-state index in [1.807, 2.05) is 39.1 Å². The predicted molar refractivity (Wildman–Crippen MR) is 101 cm³/mol. The van der Waals surface area contributed by atoms with E-state index in [0.717, 1.165) is 4.90 Å². The Morgan fingerprint density at radius 2 is 1.77 bits per heavy atom. The number of carbonyl (C=O) groups is 3. The third-order valence-corrected chi connectivity index (χ3v) is 4.78. The lowest BCUT2D eigenvalue weighted by atomic mass is 9.96. The first-order valence-corrected chi connectivity index (χ1v) is 9.05. The molecule has 1 aromatic rings. The monoisotopic (exact) mass is 361 g/mol. The van der Waals surface area contributed by atoms with E-state index in [9.17, 15) is 14.4 Å². The highest BCUT2D eigenvalue weighted by Crippen LogP contribution is 2.36. The van der Waals surface area contributed by atoms with Crippen molar-refractivity contribution in [3.63, 3.8) is 0 Å². The van der Waals surface area contributed by atoms with Crippen LogP contribution in [0.1, 0.15) is 27.7 Å². The molecule has 0 spiro atoms. The van der Waals surface area contributed by atoms with Gasteiger partial charge < -0.3 is 15.1 Å². The average Bonchev–Trinajstić information content (AvgIpc) is 2.56. The fourth-order valence-electron chi connectivity index (χ4n) is 3.24. The van der Waals surface area contributed by atoms with Crippen molar-refractivity contribution in [2.24, 2.45) is 0 Å². The van der Waals surface area contributed by atoms with Crippen LogP contribution in [-0.4, -0.2) is 61.4 Å². The van der Waals surface area contributed by atoms with Crippen molar-refractivity contribution in [1.82, 2.24) is 4.90 Å². The van der Waals surface area contributed by atoms with E-state index >= 15 is 0 Å². The largest absolute Gasteiger partial charge is 0.338 e. The summed E-state index contributed by atoms with van der Waals surface area (Å²) in [5, 5.41) is 2.85.